The minimum atomic E-state index is -0.788. The van der Waals surface area contributed by atoms with Gasteiger partial charge in [0, 0.05) is 58.3 Å². The smallest absolute Gasteiger partial charge is 0.252 e. The number of pyridine rings is 1. The van der Waals surface area contributed by atoms with Crippen molar-refractivity contribution in [3.8, 4) is 28.0 Å². The van der Waals surface area contributed by atoms with Gasteiger partial charge in [-0.1, -0.05) is 23.2 Å². The molecule has 0 atom stereocenters. The zero-order valence-corrected chi connectivity index (χ0v) is 19.5. The molecule has 0 spiro atoms. The summed E-state index contributed by atoms with van der Waals surface area (Å²) in [6, 6.07) is 7.74. The fourth-order valence-electron chi connectivity index (χ4n) is 4.23. The number of piperidine rings is 1. The van der Waals surface area contributed by atoms with Gasteiger partial charge in [-0.15, -0.1) is 0 Å². The van der Waals surface area contributed by atoms with Crippen molar-refractivity contribution in [2.45, 2.75) is 18.9 Å². The normalized spacial score (nSPS) is 14.4. The number of halogens is 3. The highest BCUT2D eigenvalue weighted by molar-refractivity contribution is 6.35. The number of ether oxygens (including phenoxy) is 1. The Hall–Kier alpha value is -2.87. The van der Waals surface area contributed by atoms with E-state index in [1.807, 2.05) is 0 Å². The minimum absolute atomic E-state index is 0.0460. The number of methoxy groups -OCH3 is 1. The molecule has 172 valence electrons. The van der Waals surface area contributed by atoms with Crippen molar-refractivity contribution in [3.63, 3.8) is 0 Å². The lowest BCUT2D eigenvalue weighted by molar-refractivity contribution is 0.0997. The second-order valence-electron chi connectivity index (χ2n) is 7.96. The number of primary amides is 1. The third kappa shape index (κ3) is 4.76. The second kappa shape index (κ2) is 9.55. The van der Waals surface area contributed by atoms with Crippen molar-refractivity contribution in [1.82, 2.24) is 4.98 Å². The summed E-state index contributed by atoms with van der Waals surface area (Å²) in [5.74, 6) is -1.21. The van der Waals surface area contributed by atoms with Gasteiger partial charge in [0.1, 0.15) is 11.6 Å². The van der Waals surface area contributed by atoms with E-state index in [-0.39, 0.29) is 17.4 Å². The Labute approximate surface area is 201 Å². The van der Waals surface area contributed by atoms with Crippen LogP contribution in [-0.4, -0.2) is 37.1 Å². The first-order valence-electron chi connectivity index (χ1n) is 10.4. The first-order valence-corrected chi connectivity index (χ1v) is 11.2. The zero-order valence-electron chi connectivity index (χ0n) is 17.9. The van der Waals surface area contributed by atoms with Crippen LogP contribution in [-0.2, 0) is 0 Å². The molecule has 9 heteroatoms. The van der Waals surface area contributed by atoms with E-state index in [9.17, 15) is 9.18 Å². The summed E-state index contributed by atoms with van der Waals surface area (Å²) in [6.07, 6.45) is 4.94. The van der Waals surface area contributed by atoms with Crippen LogP contribution in [0.1, 0.15) is 23.2 Å². The predicted octanol–water partition coefficient (Wildman–Crippen LogP) is 4.90. The highest BCUT2D eigenvalue weighted by Crippen LogP contribution is 2.45. The van der Waals surface area contributed by atoms with Gasteiger partial charge in [0.2, 0.25) is 0 Å². The topological polar surface area (TPSA) is 94.5 Å². The van der Waals surface area contributed by atoms with Crippen LogP contribution in [0.3, 0.4) is 0 Å². The molecule has 2 heterocycles. The highest BCUT2D eigenvalue weighted by atomic mass is 35.5. The monoisotopic (exact) mass is 488 g/mol. The molecule has 0 bridgehead atoms. The fourth-order valence-corrected chi connectivity index (χ4v) is 4.76. The molecule has 0 saturated carbocycles. The third-order valence-corrected chi connectivity index (χ3v) is 6.20. The van der Waals surface area contributed by atoms with Crippen LogP contribution in [0, 0.1) is 5.82 Å². The van der Waals surface area contributed by atoms with Crippen LogP contribution in [0.25, 0.3) is 22.3 Å². The van der Waals surface area contributed by atoms with E-state index in [1.54, 1.807) is 30.6 Å². The quantitative estimate of drug-likeness (QED) is 0.532. The Kier molecular flexibility index (Phi) is 6.74. The number of carbonyl (C=O) groups is 1. The molecule has 1 amide bonds. The zero-order chi connectivity index (χ0) is 23.7. The maximum atomic E-state index is 14.6. The van der Waals surface area contributed by atoms with Crippen LogP contribution >= 0.6 is 23.2 Å². The summed E-state index contributed by atoms with van der Waals surface area (Å²) in [7, 11) is 1.41. The van der Waals surface area contributed by atoms with E-state index in [2.05, 4.69) is 9.88 Å². The lowest BCUT2D eigenvalue weighted by Gasteiger charge is -2.35. The van der Waals surface area contributed by atoms with Gasteiger partial charge in [-0.2, -0.15) is 0 Å². The first-order chi connectivity index (χ1) is 15.8. The van der Waals surface area contributed by atoms with E-state index < -0.39 is 11.7 Å². The van der Waals surface area contributed by atoms with Gasteiger partial charge in [0.05, 0.1) is 18.4 Å². The first kappa shape index (κ1) is 23.3. The molecule has 2 aromatic carbocycles. The second-order valence-corrected chi connectivity index (χ2v) is 8.84. The summed E-state index contributed by atoms with van der Waals surface area (Å²) >= 11 is 12.6. The standard InChI is InChI=1S/C24H23Cl2FN4O2/c1-33-23-18(9-16(27)10-19(23)24(29)32)21-12-30-11-20(13-6-14(25)8-15(26)7-13)22(21)31-4-2-17(28)3-5-31/h6-12,17H,2-5,28H2,1H3,(H2,29,32). The van der Waals surface area contributed by atoms with Crippen LogP contribution in [0.4, 0.5) is 10.1 Å². The summed E-state index contributed by atoms with van der Waals surface area (Å²) in [6.45, 7) is 1.39. The van der Waals surface area contributed by atoms with Gasteiger partial charge >= 0.3 is 0 Å². The van der Waals surface area contributed by atoms with Crippen molar-refractivity contribution < 1.29 is 13.9 Å². The molecule has 1 fully saturated rings. The number of hydrogen-bond donors (Lipinski definition) is 2. The lowest BCUT2D eigenvalue weighted by Crippen LogP contribution is -2.40. The van der Waals surface area contributed by atoms with Gasteiger partial charge in [0.15, 0.2) is 0 Å². The summed E-state index contributed by atoms with van der Waals surface area (Å²) < 4.78 is 20.1. The van der Waals surface area contributed by atoms with Crippen LogP contribution in [0.2, 0.25) is 10.0 Å². The SMILES string of the molecule is COc1c(C(N)=O)cc(F)cc1-c1cncc(-c2cc(Cl)cc(Cl)c2)c1N1CCC(N)CC1. The van der Waals surface area contributed by atoms with Gasteiger partial charge in [-0.25, -0.2) is 4.39 Å². The molecule has 1 saturated heterocycles. The number of rotatable bonds is 5. The molecule has 3 aromatic rings. The fraction of sp³-hybridized carbons (Fsp3) is 0.250. The van der Waals surface area contributed by atoms with E-state index >= 15 is 0 Å². The molecule has 1 aliphatic rings. The average Bonchev–Trinajstić information content (AvgIpc) is 2.78. The van der Waals surface area contributed by atoms with E-state index in [4.69, 9.17) is 39.4 Å². The van der Waals surface area contributed by atoms with Crippen LogP contribution < -0.4 is 21.1 Å². The van der Waals surface area contributed by atoms with Crippen LogP contribution in [0.5, 0.6) is 5.75 Å². The third-order valence-electron chi connectivity index (χ3n) is 5.76. The molecule has 0 aliphatic carbocycles. The Morgan fingerprint density at radius 3 is 2.30 bits per heavy atom. The molecule has 1 aromatic heterocycles. The maximum absolute atomic E-state index is 14.6. The number of nitrogens with zero attached hydrogens (tertiary/aromatic N) is 2. The minimum Gasteiger partial charge on any atom is -0.495 e. The largest absolute Gasteiger partial charge is 0.495 e. The molecule has 6 nitrogen and oxygen atoms in total. The van der Waals surface area contributed by atoms with Gasteiger partial charge in [0.25, 0.3) is 5.91 Å². The van der Waals surface area contributed by atoms with E-state index in [0.29, 0.717) is 34.3 Å². The van der Waals surface area contributed by atoms with Gasteiger partial charge in [-0.3, -0.25) is 9.78 Å². The van der Waals surface area contributed by atoms with Crippen molar-refractivity contribution in [2.24, 2.45) is 11.5 Å². The molecular weight excluding hydrogens is 466 g/mol. The number of benzene rings is 2. The van der Waals surface area contributed by atoms with Crippen LogP contribution in [0.15, 0.2) is 42.7 Å². The molecule has 4 rings (SSSR count). The van der Waals surface area contributed by atoms with E-state index in [0.717, 1.165) is 35.7 Å². The summed E-state index contributed by atoms with van der Waals surface area (Å²) in [5, 5.41) is 0.961. The highest BCUT2D eigenvalue weighted by Gasteiger charge is 2.26. The predicted molar refractivity (Wildman–Crippen MR) is 130 cm³/mol. The van der Waals surface area contributed by atoms with Gasteiger partial charge < -0.3 is 21.1 Å². The maximum Gasteiger partial charge on any atom is 0.252 e. The molecule has 33 heavy (non-hydrogen) atoms. The number of amides is 1. The summed E-state index contributed by atoms with van der Waals surface area (Å²) in [4.78, 5) is 18.6. The van der Waals surface area contributed by atoms with Crippen molar-refractivity contribution in [2.75, 3.05) is 25.1 Å². The lowest BCUT2D eigenvalue weighted by atomic mass is 9.94. The van der Waals surface area contributed by atoms with E-state index in [1.165, 1.54) is 13.2 Å². The number of hydrogen-bond acceptors (Lipinski definition) is 5. The summed E-state index contributed by atoms with van der Waals surface area (Å²) in [5.41, 5.74) is 14.9. The van der Waals surface area contributed by atoms with Crippen molar-refractivity contribution >= 4 is 34.8 Å². The van der Waals surface area contributed by atoms with Crippen molar-refractivity contribution in [3.05, 3.63) is 64.2 Å². The molecule has 0 radical (unpaired) electrons. The molecule has 1 aliphatic heterocycles. The number of nitrogens with two attached hydrogens (primary N) is 2. The Balaban J connectivity index is 2.01. The van der Waals surface area contributed by atoms with Crippen molar-refractivity contribution in [1.29, 1.82) is 0 Å². The molecule has 0 unspecified atom stereocenters. The Bertz CT molecular complexity index is 1190. The molecular formula is C24H23Cl2FN4O2. The number of anilines is 1. The average molecular weight is 489 g/mol. The Morgan fingerprint density at radius 2 is 1.70 bits per heavy atom. The molecule has 4 N–H and O–H groups in total. The number of aromatic nitrogens is 1. The Morgan fingerprint density at radius 1 is 1.06 bits per heavy atom. The van der Waals surface area contributed by atoms with Gasteiger partial charge in [-0.05, 0) is 48.7 Å². The number of carbonyl (C=O) groups excluding carboxylic acids is 1.